The van der Waals surface area contributed by atoms with Gasteiger partial charge in [-0.25, -0.2) is 9.98 Å². The van der Waals surface area contributed by atoms with Crippen LogP contribution in [0.1, 0.15) is 45.9 Å². The highest BCUT2D eigenvalue weighted by molar-refractivity contribution is 6.25. The van der Waals surface area contributed by atoms with Crippen molar-refractivity contribution in [3.05, 3.63) is 234 Å². The fourth-order valence-corrected chi connectivity index (χ4v) is 9.57. The second kappa shape index (κ2) is 12.4. The number of hydrogen-bond donors (Lipinski definition) is 0. The molecule has 56 heavy (non-hydrogen) atoms. The molecule has 0 N–H and O–H groups in total. The Morgan fingerprint density at radius 2 is 0.821 bits per heavy atom. The van der Waals surface area contributed by atoms with Crippen molar-refractivity contribution in [2.45, 2.75) is 12.3 Å². The van der Waals surface area contributed by atoms with Gasteiger partial charge in [-0.05, 0) is 101 Å². The van der Waals surface area contributed by atoms with E-state index in [1.807, 2.05) is 6.07 Å². The number of aliphatic imine (C=N–C) groups is 2. The van der Waals surface area contributed by atoms with Gasteiger partial charge < -0.3 is 0 Å². The molecule has 0 heterocycles. The second-order valence-electron chi connectivity index (χ2n) is 14.9. The molecule has 0 bridgehead atoms. The van der Waals surface area contributed by atoms with Crippen LogP contribution in [0, 0.1) is 0 Å². The summed E-state index contributed by atoms with van der Waals surface area (Å²) in [6.07, 6.45) is 0. The number of rotatable bonds is 4. The Morgan fingerprint density at radius 1 is 0.375 bits per heavy atom. The molecule has 0 aliphatic heterocycles. The minimum atomic E-state index is -0.461. The summed E-state index contributed by atoms with van der Waals surface area (Å²) in [5, 5.41) is 7.38. The lowest BCUT2D eigenvalue weighted by atomic mass is 9.70. The third-order valence-corrected chi connectivity index (χ3v) is 12.0. The van der Waals surface area contributed by atoms with Crippen LogP contribution in [-0.4, -0.2) is 11.5 Å². The fraction of sp³-hybridized carbons (Fsp3) is 0.0370. The molecule has 9 aromatic rings. The molecule has 0 unspecified atom stereocenters. The molecule has 0 atom stereocenters. The predicted octanol–water partition coefficient (Wildman–Crippen LogP) is 13.4. The molecule has 0 saturated heterocycles. The molecule has 9 aromatic carbocycles. The van der Waals surface area contributed by atoms with E-state index >= 15 is 0 Å². The lowest BCUT2D eigenvalue weighted by Gasteiger charge is -2.30. The van der Waals surface area contributed by atoms with Gasteiger partial charge in [0, 0.05) is 16.8 Å². The van der Waals surface area contributed by atoms with Gasteiger partial charge in [-0.15, -0.1) is 0 Å². The zero-order valence-electron chi connectivity index (χ0n) is 31.0. The molecule has 262 valence electrons. The molecule has 0 saturated carbocycles. The van der Waals surface area contributed by atoms with Crippen LogP contribution in [0.25, 0.3) is 60.3 Å². The standard InChI is InChI=1S/C54H36N2/c1-34(36-16-4-3-5-17-36)55-53(56-35(2)37-28-30-43-41-20-7-6-18-39(41)40-19-8-9-21-42(40)48(43)32-37)38-29-31-47-46-24-12-15-27-51(46)54(52(47)33-38)49-25-13-10-22-44(49)45-23-11-14-26-50(45)54/h3-33H,2H2,1H3. The summed E-state index contributed by atoms with van der Waals surface area (Å²) in [4.78, 5) is 10.7. The SMILES string of the molecule is C=C(N=C(N=C(C)c1ccccc1)c1ccc2c(c1)C1(c3ccccc3-c3ccccc31)c1ccccc1-2)c1ccc2c3ccccc3c3ccccc3c2c1. The zero-order valence-corrected chi connectivity index (χ0v) is 31.0. The third kappa shape index (κ3) is 4.63. The van der Waals surface area contributed by atoms with Gasteiger partial charge in [0.1, 0.15) is 0 Å². The van der Waals surface area contributed by atoms with Crippen LogP contribution in [0.15, 0.2) is 205 Å². The minimum absolute atomic E-state index is 0.461. The van der Waals surface area contributed by atoms with Gasteiger partial charge in [0.25, 0.3) is 0 Å². The molecule has 0 aromatic heterocycles. The van der Waals surface area contributed by atoms with Crippen LogP contribution in [-0.2, 0) is 5.41 Å². The Hall–Kier alpha value is -7.16. The summed E-state index contributed by atoms with van der Waals surface area (Å²) in [6.45, 7) is 6.66. The quantitative estimate of drug-likeness (QED) is 0.0986. The highest BCUT2D eigenvalue weighted by Gasteiger charge is 2.51. The molecule has 2 heteroatoms. The van der Waals surface area contributed by atoms with Gasteiger partial charge in [-0.3, -0.25) is 0 Å². The van der Waals surface area contributed by atoms with Crippen LogP contribution >= 0.6 is 0 Å². The molecular formula is C54H36N2. The van der Waals surface area contributed by atoms with Gasteiger partial charge in [0.2, 0.25) is 0 Å². The smallest absolute Gasteiger partial charge is 0.160 e. The molecule has 2 aliphatic rings. The van der Waals surface area contributed by atoms with E-state index in [0.29, 0.717) is 11.5 Å². The normalized spacial score (nSPS) is 13.9. The first-order chi connectivity index (χ1) is 27.6. The number of hydrogen-bond acceptors (Lipinski definition) is 1. The van der Waals surface area contributed by atoms with Crippen molar-refractivity contribution in [1.29, 1.82) is 0 Å². The van der Waals surface area contributed by atoms with Crippen molar-refractivity contribution in [3.8, 4) is 22.3 Å². The average Bonchev–Trinajstić information content (AvgIpc) is 3.73. The van der Waals surface area contributed by atoms with Gasteiger partial charge in [0.15, 0.2) is 5.84 Å². The van der Waals surface area contributed by atoms with Crippen LogP contribution in [0.2, 0.25) is 0 Å². The highest BCUT2D eigenvalue weighted by Crippen LogP contribution is 2.62. The summed E-state index contributed by atoms with van der Waals surface area (Å²) in [5.41, 5.74) is 14.3. The van der Waals surface area contributed by atoms with Crippen LogP contribution < -0.4 is 0 Å². The van der Waals surface area contributed by atoms with Crippen molar-refractivity contribution >= 4 is 49.6 Å². The first-order valence-corrected chi connectivity index (χ1v) is 19.3. The molecule has 0 fully saturated rings. The van der Waals surface area contributed by atoms with Crippen LogP contribution in [0.4, 0.5) is 0 Å². The number of amidine groups is 1. The van der Waals surface area contributed by atoms with Crippen LogP contribution in [0.5, 0.6) is 0 Å². The lowest BCUT2D eigenvalue weighted by molar-refractivity contribution is 0.793. The number of benzene rings is 9. The summed E-state index contributed by atoms with van der Waals surface area (Å²) in [6, 6.07) is 67.9. The van der Waals surface area contributed by atoms with Crippen LogP contribution in [0.3, 0.4) is 0 Å². The van der Waals surface area contributed by atoms with E-state index in [1.165, 1.54) is 76.8 Å². The maximum Gasteiger partial charge on any atom is 0.160 e. The summed E-state index contributed by atoms with van der Waals surface area (Å²) in [7, 11) is 0. The number of fused-ring (bicyclic) bond motifs is 16. The monoisotopic (exact) mass is 712 g/mol. The summed E-state index contributed by atoms with van der Waals surface area (Å²) < 4.78 is 0. The van der Waals surface area contributed by atoms with E-state index in [-0.39, 0.29) is 0 Å². The highest BCUT2D eigenvalue weighted by atomic mass is 14.9. The first-order valence-electron chi connectivity index (χ1n) is 19.3. The van der Waals surface area contributed by atoms with Crippen molar-refractivity contribution in [2.75, 3.05) is 0 Å². The van der Waals surface area contributed by atoms with Gasteiger partial charge in [-0.1, -0.05) is 183 Å². The first kappa shape index (κ1) is 32.3. The van der Waals surface area contributed by atoms with E-state index in [1.54, 1.807) is 0 Å². The van der Waals surface area contributed by atoms with Crippen molar-refractivity contribution in [1.82, 2.24) is 0 Å². The Bertz CT molecular complexity index is 3070. The lowest BCUT2D eigenvalue weighted by Crippen LogP contribution is -2.26. The molecule has 2 nitrogen and oxygen atoms in total. The second-order valence-corrected chi connectivity index (χ2v) is 14.9. The Kier molecular flexibility index (Phi) is 7.17. The van der Waals surface area contributed by atoms with Gasteiger partial charge in [-0.2, -0.15) is 0 Å². The maximum atomic E-state index is 5.34. The Labute approximate surface area is 326 Å². The topological polar surface area (TPSA) is 24.7 Å². The zero-order chi connectivity index (χ0) is 37.4. The molecular weight excluding hydrogens is 677 g/mol. The molecule has 0 amide bonds. The molecule has 0 radical (unpaired) electrons. The minimum Gasteiger partial charge on any atom is -0.233 e. The molecule has 1 spiro atoms. The largest absolute Gasteiger partial charge is 0.233 e. The van der Waals surface area contributed by atoms with E-state index in [2.05, 4.69) is 195 Å². The maximum absolute atomic E-state index is 5.34. The predicted molar refractivity (Wildman–Crippen MR) is 236 cm³/mol. The van der Waals surface area contributed by atoms with E-state index in [4.69, 9.17) is 9.98 Å². The summed E-state index contributed by atoms with van der Waals surface area (Å²) >= 11 is 0. The fourth-order valence-electron chi connectivity index (χ4n) is 9.57. The van der Waals surface area contributed by atoms with Crippen molar-refractivity contribution in [2.24, 2.45) is 9.98 Å². The van der Waals surface area contributed by atoms with Gasteiger partial charge >= 0.3 is 0 Å². The van der Waals surface area contributed by atoms with Gasteiger partial charge in [0.05, 0.1) is 11.1 Å². The molecule has 2 aliphatic carbocycles. The Balaban J connectivity index is 1.13. The summed E-state index contributed by atoms with van der Waals surface area (Å²) in [5.74, 6) is 0.633. The average molecular weight is 713 g/mol. The Morgan fingerprint density at radius 3 is 1.39 bits per heavy atom. The van der Waals surface area contributed by atoms with Crippen molar-refractivity contribution in [3.63, 3.8) is 0 Å². The van der Waals surface area contributed by atoms with E-state index in [9.17, 15) is 0 Å². The number of nitrogens with zero attached hydrogens (tertiary/aromatic N) is 2. The molecule has 11 rings (SSSR count). The van der Waals surface area contributed by atoms with Crippen molar-refractivity contribution < 1.29 is 0 Å². The third-order valence-electron chi connectivity index (χ3n) is 12.0. The van der Waals surface area contributed by atoms with E-state index in [0.717, 1.165) is 22.4 Å². The van der Waals surface area contributed by atoms with E-state index < -0.39 is 5.41 Å².